The molecule has 1 aromatic heterocycles. The number of nitrogen functional groups attached to an aromatic ring is 1. The third kappa shape index (κ3) is 5.58. The number of hydrogen-bond acceptors (Lipinski definition) is 4. The number of carboxylic acids is 1. The smallest absolute Gasteiger partial charge is 0.341 e. The van der Waals surface area contributed by atoms with E-state index in [1.807, 2.05) is 30.3 Å². The van der Waals surface area contributed by atoms with Crippen LogP contribution >= 0.6 is 0 Å². The fourth-order valence-electron chi connectivity index (χ4n) is 8.94. The number of H-pyrrole nitrogens is 1. The van der Waals surface area contributed by atoms with Crippen molar-refractivity contribution in [3.05, 3.63) is 101 Å². The lowest BCUT2D eigenvalue weighted by atomic mass is 9.48. The number of aromatic nitrogens is 2. The number of carbonyl (C=O) groups is 1. The van der Waals surface area contributed by atoms with Gasteiger partial charge in [0.25, 0.3) is 0 Å². The van der Waals surface area contributed by atoms with Crippen molar-refractivity contribution in [3.63, 3.8) is 0 Å². The van der Waals surface area contributed by atoms with Crippen LogP contribution in [0.5, 0.6) is 5.75 Å². The van der Waals surface area contributed by atoms with E-state index in [9.17, 15) is 4.79 Å². The molecule has 3 atom stereocenters. The van der Waals surface area contributed by atoms with Gasteiger partial charge < -0.3 is 20.6 Å². The van der Waals surface area contributed by atoms with Crippen LogP contribution in [0, 0.1) is 11.3 Å². The molecule has 0 unspecified atom stereocenters. The summed E-state index contributed by atoms with van der Waals surface area (Å²) in [6, 6.07) is 27.2. The Morgan fingerprint density at radius 3 is 2.64 bits per heavy atom. The predicted octanol–water partition coefficient (Wildman–Crippen LogP) is 9.32. The van der Waals surface area contributed by atoms with Crippen LogP contribution in [-0.4, -0.2) is 27.7 Å². The van der Waals surface area contributed by atoms with Crippen LogP contribution in [0.15, 0.2) is 78.9 Å². The summed E-state index contributed by atoms with van der Waals surface area (Å²) in [5.74, 6) is 1.29. The fraction of sp³-hybridized carbons (Fsp3) is 0.366. The molecule has 0 radical (unpaired) electrons. The van der Waals surface area contributed by atoms with Crippen molar-refractivity contribution in [1.29, 1.82) is 0 Å². The minimum atomic E-state index is -1.01. The Morgan fingerprint density at radius 2 is 1.85 bits per heavy atom. The Balaban J connectivity index is 1.33. The predicted molar refractivity (Wildman–Crippen MR) is 190 cm³/mol. The molecule has 1 saturated carbocycles. The zero-order chi connectivity index (χ0) is 32.9. The number of fused-ring (bicyclic) bond motifs is 4. The first-order chi connectivity index (χ1) is 22.6. The lowest BCUT2D eigenvalue weighted by Crippen LogP contribution is -2.50. The maximum atomic E-state index is 11.1. The second-order valence-corrected chi connectivity index (χ2v) is 14.6. The van der Waals surface area contributed by atoms with Gasteiger partial charge in [-0.2, -0.15) is 0 Å². The SMILES string of the molecule is CC(C)c1ccc2c(c1)CC[C@H]1[C@@](C)(Cc3c(-c4ccccc4N)ccc4[nH]c(-c5cccc(OCC(=O)O)c5)nc34)CCC[C@]21C. The molecule has 1 heterocycles. The molecular formula is C41H45N3O3. The van der Waals surface area contributed by atoms with Gasteiger partial charge in [-0.1, -0.05) is 88.7 Å². The molecule has 6 nitrogen and oxygen atoms in total. The number of rotatable bonds is 8. The molecule has 0 bridgehead atoms. The van der Waals surface area contributed by atoms with Crippen LogP contribution in [0.4, 0.5) is 5.69 Å². The molecular weight excluding hydrogens is 582 g/mol. The van der Waals surface area contributed by atoms with Crippen molar-refractivity contribution in [2.75, 3.05) is 12.3 Å². The lowest BCUT2D eigenvalue weighted by Gasteiger charge is -2.56. The Labute approximate surface area is 277 Å². The van der Waals surface area contributed by atoms with Gasteiger partial charge in [0.05, 0.1) is 11.0 Å². The molecule has 1 fully saturated rings. The maximum Gasteiger partial charge on any atom is 0.341 e. The van der Waals surface area contributed by atoms with Crippen LogP contribution in [0.2, 0.25) is 0 Å². The third-order valence-corrected chi connectivity index (χ3v) is 11.2. The van der Waals surface area contributed by atoms with Crippen molar-refractivity contribution in [1.82, 2.24) is 9.97 Å². The standard InChI is InChI=1S/C41H45N3O3/c1-25(2)26-13-16-33-27(21-26)14-18-36-40(3,19-8-20-41(33,36)4)23-32-30(31-11-5-6-12-34(31)42)15-17-35-38(32)44-39(43-35)28-9-7-10-29(22-28)47-24-37(45)46/h5-7,9-13,15-17,21-22,25,36H,8,14,18-20,23-24,42H2,1-4H3,(H,43,44)(H,45,46)/t36-,40+,41+/m0/s1. The van der Waals surface area contributed by atoms with Gasteiger partial charge in [0, 0.05) is 16.8 Å². The number of nitrogens with one attached hydrogen (secondary N) is 1. The minimum absolute atomic E-state index is 0.0671. The normalized spacial score (nSPS) is 22.2. The first kappa shape index (κ1) is 31.0. The number of aliphatic carboxylic acids is 1. The number of nitrogens with two attached hydrogens (primary N) is 1. The third-order valence-electron chi connectivity index (χ3n) is 11.2. The van der Waals surface area contributed by atoms with E-state index in [4.69, 9.17) is 20.6 Å². The molecule has 0 spiro atoms. The summed E-state index contributed by atoms with van der Waals surface area (Å²) in [6.07, 6.45) is 6.81. The van der Waals surface area contributed by atoms with E-state index in [-0.39, 0.29) is 10.8 Å². The number of aromatic amines is 1. The van der Waals surface area contributed by atoms with Crippen molar-refractivity contribution < 1.29 is 14.6 Å². The number of para-hydroxylation sites is 1. The minimum Gasteiger partial charge on any atom is -0.482 e. The molecule has 6 heteroatoms. The van der Waals surface area contributed by atoms with E-state index in [1.54, 1.807) is 17.2 Å². The Morgan fingerprint density at radius 1 is 1.02 bits per heavy atom. The van der Waals surface area contributed by atoms with Crippen LogP contribution in [0.25, 0.3) is 33.5 Å². The molecule has 0 aliphatic heterocycles. The summed E-state index contributed by atoms with van der Waals surface area (Å²) in [5, 5.41) is 9.10. The van der Waals surface area contributed by atoms with Crippen molar-refractivity contribution in [3.8, 4) is 28.3 Å². The van der Waals surface area contributed by atoms with Gasteiger partial charge in [0.2, 0.25) is 0 Å². The molecule has 47 heavy (non-hydrogen) atoms. The number of anilines is 1. The monoisotopic (exact) mass is 627 g/mol. The fourth-order valence-corrected chi connectivity index (χ4v) is 8.94. The second-order valence-electron chi connectivity index (χ2n) is 14.6. The summed E-state index contributed by atoms with van der Waals surface area (Å²) in [7, 11) is 0. The molecule has 0 saturated heterocycles. The van der Waals surface area contributed by atoms with E-state index in [0.717, 1.165) is 52.1 Å². The molecule has 242 valence electrons. The van der Waals surface area contributed by atoms with Gasteiger partial charge in [-0.25, -0.2) is 9.78 Å². The summed E-state index contributed by atoms with van der Waals surface area (Å²) in [6.45, 7) is 9.24. The second kappa shape index (κ2) is 11.9. The number of ether oxygens (including phenoxy) is 1. The highest BCUT2D eigenvalue weighted by atomic mass is 16.5. The summed E-state index contributed by atoms with van der Waals surface area (Å²) >= 11 is 0. The average molecular weight is 628 g/mol. The van der Waals surface area contributed by atoms with Gasteiger partial charge >= 0.3 is 5.97 Å². The Bertz CT molecular complexity index is 1980. The van der Waals surface area contributed by atoms with Crippen molar-refractivity contribution in [2.24, 2.45) is 11.3 Å². The number of carboxylic acid groups (broad SMARTS) is 1. The zero-order valence-corrected chi connectivity index (χ0v) is 27.9. The van der Waals surface area contributed by atoms with E-state index in [0.29, 0.717) is 17.6 Å². The van der Waals surface area contributed by atoms with E-state index < -0.39 is 12.6 Å². The maximum absolute atomic E-state index is 11.1. The molecule has 2 aliphatic carbocycles. The number of nitrogens with zero attached hydrogens (tertiary/aromatic N) is 1. The number of hydrogen-bond donors (Lipinski definition) is 3. The quantitative estimate of drug-likeness (QED) is 0.149. The van der Waals surface area contributed by atoms with Crippen LogP contribution in [-0.2, 0) is 23.1 Å². The van der Waals surface area contributed by atoms with Crippen LogP contribution in [0.3, 0.4) is 0 Å². The van der Waals surface area contributed by atoms with Gasteiger partial charge in [-0.3, -0.25) is 0 Å². The average Bonchev–Trinajstić information content (AvgIpc) is 3.49. The molecule has 0 amide bonds. The first-order valence-electron chi connectivity index (χ1n) is 17.0. The summed E-state index contributed by atoms with van der Waals surface area (Å²) in [4.78, 5) is 19.9. The number of aryl methyl sites for hydroxylation is 1. The topological polar surface area (TPSA) is 101 Å². The molecule has 4 aromatic carbocycles. The molecule has 2 aliphatic rings. The van der Waals surface area contributed by atoms with E-state index >= 15 is 0 Å². The highest BCUT2D eigenvalue weighted by Crippen LogP contribution is 2.59. The molecule has 4 N–H and O–H groups in total. The van der Waals surface area contributed by atoms with Crippen molar-refractivity contribution in [2.45, 2.75) is 77.6 Å². The Hall–Kier alpha value is -4.58. The summed E-state index contributed by atoms with van der Waals surface area (Å²) < 4.78 is 5.48. The van der Waals surface area contributed by atoms with Gasteiger partial charge in [0.15, 0.2) is 6.61 Å². The molecule has 5 aromatic rings. The van der Waals surface area contributed by atoms with Gasteiger partial charge in [-0.05, 0) is 107 Å². The highest BCUT2D eigenvalue weighted by Gasteiger charge is 2.52. The summed E-state index contributed by atoms with van der Waals surface area (Å²) in [5.41, 5.74) is 18.3. The first-order valence-corrected chi connectivity index (χ1v) is 17.0. The zero-order valence-electron chi connectivity index (χ0n) is 27.9. The van der Waals surface area contributed by atoms with Gasteiger partial charge in [-0.15, -0.1) is 0 Å². The molecule has 7 rings (SSSR count). The van der Waals surface area contributed by atoms with E-state index in [2.05, 4.69) is 75.1 Å². The van der Waals surface area contributed by atoms with Crippen molar-refractivity contribution >= 4 is 22.7 Å². The number of benzene rings is 4. The lowest BCUT2D eigenvalue weighted by molar-refractivity contribution is -0.139. The van der Waals surface area contributed by atoms with Gasteiger partial charge in [0.1, 0.15) is 11.6 Å². The van der Waals surface area contributed by atoms with Crippen LogP contribution < -0.4 is 10.5 Å². The number of imidazole rings is 1. The van der Waals surface area contributed by atoms with E-state index in [1.165, 1.54) is 36.8 Å². The highest BCUT2D eigenvalue weighted by molar-refractivity contribution is 5.91. The largest absolute Gasteiger partial charge is 0.482 e. The van der Waals surface area contributed by atoms with Crippen LogP contribution in [0.1, 0.15) is 81.5 Å². The Kier molecular flexibility index (Phi) is 7.86.